The van der Waals surface area contributed by atoms with E-state index in [2.05, 4.69) is 11.9 Å². The second-order valence-corrected chi connectivity index (χ2v) is 3.19. The second-order valence-electron chi connectivity index (χ2n) is 3.19. The van der Waals surface area contributed by atoms with Crippen LogP contribution in [0.25, 0.3) is 0 Å². The van der Waals surface area contributed by atoms with Crippen LogP contribution in [0.2, 0.25) is 0 Å². The Morgan fingerprint density at radius 3 is 3.00 bits per heavy atom. The maximum atomic E-state index is 11.3. The molecule has 1 atom stereocenters. The quantitative estimate of drug-likeness (QED) is 0.568. The van der Waals surface area contributed by atoms with Gasteiger partial charge in [0, 0.05) is 6.54 Å². The average molecular weight is 153 g/mol. The lowest BCUT2D eigenvalue weighted by Crippen LogP contribution is -2.29. The lowest BCUT2D eigenvalue weighted by atomic mass is 9.96. The van der Waals surface area contributed by atoms with Gasteiger partial charge in [0.2, 0.25) is 5.91 Å². The molecule has 1 amide bonds. The van der Waals surface area contributed by atoms with Gasteiger partial charge >= 0.3 is 0 Å². The third kappa shape index (κ3) is 2.07. The highest BCUT2D eigenvalue weighted by Gasteiger charge is 2.20. The fourth-order valence-corrected chi connectivity index (χ4v) is 1.41. The van der Waals surface area contributed by atoms with Gasteiger partial charge in [0.25, 0.3) is 0 Å². The fourth-order valence-electron chi connectivity index (χ4n) is 1.41. The lowest BCUT2D eigenvalue weighted by Gasteiger charge is -2.11. The highest BCUT2D eigenvalue weighted by molar-refractivity contribution is 5.81. The van der Waals surface area contributed by atoms with Crippen molar-refractivity contribution in [3.8, 4) is 0 Å². The van der Waals surface area contributed by atoms with E-state index in [0.717, 1.165) is 31.4 Å². The number of carbonyl (C=O) groups is 1. The van der Waals surface area contributed by atoms with Gasteiger partial charge in [-0.3, -0.25) is 4.79 Å². The molecule has 1 unspecified atom stereocenters. The molecular formula is C9H15NO. The molecule has 2 nitrogen and oxygen atoms in total. The molecule has 0 aromatic rings. The van der Waals surface area contributed by atoms with E-state index in [1.807, 2.05) is 6.92 Å². The standard InChI is InChI=1S/C9H15NO/c1-7(2)8-5-3-4-6-10-9(8)11/h8H,1,3-6H2,2H3,(H,10,11). The molecule has 1 aliphatic heterocycles. The van der Waals surface area contributed by atoms with Gasteiger partial charge in [-0.15, -0.1) is 0 Å². The molecule has 0 aromatic carbocycles. The van der Waals surface area contributed by atoms with Gasteiger partial charge in [0.15, 0.2) is 0 Å². The van der Waals surface area contributed by atoms with Crippen molar-refractivity contribution in [3.05, 3.63) is 12.2 Å². The number of hydrogen-bond acceptors (Lipinski definition) is 1. The minimum absolute atomic E-state index is 0.0671. The minimum Gasteiger partial charge on any atom is -0.356 e. The van der Waals surface area contributed by atoms with Crippen molar-refractivity contribution >= 4 is 5.91 Å². The smallest absolute Gasteiger partial charge is 0.227 e. The summed E-state index contributed by atoms with van der Waals surface area (Å²) < 4.78 is 0. The van der Waals surface area contributed by atoms with Gasteiger partial charge in [0.1, 0.15) is 0 Å². The van der Waals surface area contributed by atoms with E-state index in [1.165, 1.54) is 0 Å². The van der Waals surface area contributed by atoms with Crippen molar-refractivity contribution in [1.82, 2.24) is 5.32 Å². The van der Waals surface area contributed by atoms with E-state index in [9.17, 15) is 4.79 Å². The summed E-state index contributed by atoms with van der Waals surface area (Å²) in [6.45, 7) is 6.57. The topological polar surface area (TPSA) is 29.1 Å². The minimum atomic E-state index is 0.0671. The van der Waals surface area contributed by atoms with Crippen LogP contribution in [0.1, 0.15) is 26.2 Å². The number of rotatable bonds is 1. The Bertz CT molecular complexity index is 174. The van der Waals surface area contributed by atoms with Crippen molar-refractivity contribution < 1.29 is 4.79 Å². The molecule has 1 rings (SSSR count). The Morgan fingerprint density at radius 2 is 2.36 bits per heavy atom. The van der Waals surface area contributed by atoms with Crippen LogP contribution in [0, 0.1) is 5.92 Å². The van der Waals surface area contributed by atoms with E-state index >= 15 is 0 Å². The van der Waals surface area contributed by atoms with Crippen LogP contribution >= 0.6 is 0 Å². The Balaban J connectivity index is 2.59. The maximum absolute atomic E-state index is 11.3. The zero-order valence-corrected chi connectivity index (χ0v) is 7.02. The summed E-state index contributed by atoms with van der Waals surface area (Å²) in [5, 5.41) is 2.88. The summed E-state index contributed by atoms with van der Waals surface area (Å²) in [5.41, 5.74) is 0.990. The molecule has 1 N–H and O–H groups in total. The van der Waals surface area contributed by atoms with Crippen LogP contribution in [0.4, 0.5) is 0 Å². The van der Waals surface area contributed by atoms with E-state index in [0.29, 0.717) is 0 Å². The second kappa shape index (κ2) is 3.56. The lowest BCUT2D eigenvalue weighted by molar-refractivity contribution is -0.123. The maximum Gasteiger partial charge on any atom is 0.227 e. The molecule has 1 saturated heterocycles. The zero-order valence-electron chi connectivity index (χ0n) is 7.02. The first-order chi connectivity index (χ1) is 5.22. The number of nitrogens with one attached hydrogen (secondary N) is 1. The van der Waals surface area contributed by atoms with E-state index in [4.69, 9.17) is 0 Å². The van der Waals surface area contributed by atoms with Gasteiger partial charge < -0.3 is 5.32 Å². The predicted octanol–water partition coefficient (Wildman–Crippen LogP) is 1.48. The highest BCUT2D eigenvalue weighted by Crippen LogP contribution is 2.18. The molecule has 0 aliphatic carbocycles. The number of hydrogen-bond donors (Lipinski definition) is 1. The zero-order chi connectivity index (χ0) is 8.27. The Hall–Kier alpha value is -0.790. The van der Waals surface area contributed by atoms with Crippen LogP contribution in [0.5, 0.6) is 0 Å². The molecule has 0 saturated carbocycles. The van der Waals surface area contributed by atoms with Crippen molar-refractivity contribution in [2.75, 3.05) is 6.54 Å². The Kier molecular flexibility index (Phi) is 2.69. The molecule has 1 fully saturated rings. The van der Waals surface area contributed by atoms with E-state index < -0.39 is 0 Å². The van der Waals surface area contributed by atoms with Crippen molar-refractivity contribution in [1.29, 1.82) is 0 Å². The molecule has 62 valence electrons. The number of amides is 1. The summed E-state index contributed by atoms with van der Waals surface area (Å²) in [5.74, 6) is 0.229. The Morgan fingerprint density at radius 1 is 1.64 bits per heavy atom. The Labute approximate surface area is 67.7 Å². The van der Waals surface area contributed by atoms with Gasteiger partial charge in [-0.25, -0.2) is 0 Å². The third-order valence-corrected chi connectivity index (χ3v) is 2.13. The first-order valence-electron chi connectivity index (χ1n) is 4.15. The van der Waals surface area contributed by atoms with Crippen molar-refractivity contribution in [2.45, 2.75) is 26.2 Å². The summed E-state index contributed by atoms with van der Waals surface area (Å²) in [7, 11) is 0. The van der Waals surface area contributed by atoms with Gasteiger partial charge in [0.05, 0.1) is 5.92 Å². The van der Waals surface area contributed by atoms with Gasteiger partial charge in [-0.05, 0) is 19.8 Å². The van der Waals surface area contributed by atoms with Crippen molar-refractivity contribution in [2.24, 2.45) is 5.92 Å². The third-order valence-electron chi connectivity index (χ3n) is 2.13. The molecule has 0 aromatic heterocycles. The van der Waals surface area contributed by atoms with Crippen LogP contribution in [0.3, 0.4) is 0 Å². The summed E-state index contributed by atoms with van der Waals surface area (Å²) in [4.78, 5) is 11.3. The molecule has 1 aliphatic rings. The van der Waals surface area contributed by atoms with Crippen LogP contribution < -0.4 is 5.32 Å². The molecule has 2 heteroatoms. The molecule has 0 radical (unpaired) electrons. The van der Waals surface area contributed by atoms with E-state index in [-0.39, 0.29) is 11.8 Å². The molecule has 11 heavy (non-hydrogen) atoms. The SMILES string of the molecule is C=C(C)C1CCCCNC1=O. The molecular weight excluding hydrogens is 138 g/mol. The van der Waals surface area contributed by atoms with Crippen LogP contribution in [0.15, 0.2) is 12.2 Å². The highest BCUT2D eigenvalue weighted by atomic mass is 16.1. The average Bonchev–Trinajstić information content (AvgIpc) is 2.13. The monoisotopic (exact) mass is 153 g/mol. The first kappa shape index (κ1) is 8.31. The number of carbonyl (C=O) groups excluding carboxylic acids is 1. The largest absolute Gasteiger partial charge is 0.356 e. The van der Waals surface area contributed by atoms with Crippen molar-refractivity contribution in [3.63, 3.8) is 0 Å². The normalized spacial score (nSPS) is 25.5. The fraction of sp³-hybridized carbons (Fsp3) is 0.667. The van der Waals surface area contributed by atoms with Gasteiger partial charge in [-0.1, -0.05) is 18.6 Å². The predicted molar refractivity (Wildman–Crippen MR) is 45.2 cm³/mol. The van der Waals surface area contributed by atoms with E-state index in [1.54, 1.807) is 0 Å². The summed E-state index contributed by atoms with van der Waals surface area (Å²) in [6, 6.07) is 0. The summed E-state index contributed by atoms with van der Waals surface area (Å²) >= 11 is 0. The molecule has 0 spiro atoms. The summed E-state index contributed by atoms with van der Waals surface area (Å²) in [6.07, 6.45) is 3.22. The van der Waals surface area contributed by atoms with Crippen LogP contribution in [-0.4, -0.2) is 12.5 Å². The molecule has 1 heterocycles. The van der Waals surface area contributed by atoms with Gasteiger partial charge in [-0.2, -0.15) is 0 Å². The first-order valence-corrected chi connectivity index (χ1v) is 4.15. The molecule has 0 bridgehead atoms. The van der Waals surface area contributed by atoms with Crippen LogP contribution in [-0.2, 0) is 4.79 Å².